The molecule has 1 aromatic heterocycles. The van der Waals surface area contributed by atoms with Crippen molar-refractivity contribution in [2.75, 3.05) is 7.11 Å². The van der Waals surface area contributed by atoms with Crippen LogP contribution in [0.2, 0.25) is 0 Å². The van der Waals surface area contributed by atoms with Gasteiger partial charge in [-0.15, -0.1) is 0 Å². The van der Waals surface area contributed by atoms with Crippen LogP contribution in [0.25, 0.3) is 10.9 Å². The van der Waals surface area contributed by atoms with E-state index in [2.05, 4.69) is 51.0 Å². The summed E-state index contributed by atoms with van der Waals surface area (Å²) in [5.41, 5.74) is 8.31. The Morgan fingerprint density at radius 2 is 2.00 bits per heavy atom. The van der Waals surface area contributed by atoms with Crippen molar-refractivity contribution in [2.45, 2.75) is 6.54 Å². The van der Waals surface area contributed by atoms with E-state index in [1.54, 1.807) is 13.3 Å². The maximum absolute atomic E-state index is 5.21. The van der Waals surface area contributed by atoms with Crippen molar-refractivity contribution in [1.82, 2.24) is 15.4 Å². The Bertz CT molecular complexity index is 901. The summed E-state index contributed by atoms with van der Waals surface area (Å²) in [6, 6.07) is 16.3. The van der Waals surface area contributed by atoms with Gasteiger partial charge in [0, 0.05) is 29.2 Å². The molecule has 3 rings (SSSR count). The number of para-hydroxylation sites is 1. The first kappa shape index (κ1) is 16.9. The molecule has 128 valence electrons. The van der Waals surface area contributed by atoms with Gasteiger partial charge >= 0.3 is 0 Å². The van der Waals surface area contributed by atoms with Crippen LogP contribution in [-0.2, 0) is 6.54 Å². The SMILES string of the molecule is COc1ccc(Cn2cc(/C=N/NC(=S)NN)c3ccccc32)cc1. The molecule has 0 amide bonds. The molecule has 0 fully saturated rings. The van der Waals surface area contributed by atoms with Crippen molar-refractivity contribution in [1.29, 1.82) is 0 Å². The van der Waals surface area contributed by atoms with Crippen LogP contribution in [0, 0.1) is 0 Å². The molecule has 0 atom stereocenters. The lowest BCUT2D eigenvalue weighted by atomic mass is 10.2. The van der Waals surface area contributed by atoms with Gasteiger partial charge in [-0.05, 0) is 36.0 Å². The number of aromatic nitrogens is 1. The molecule has 4 N–H and O–H groups in total. The second-order valence-corrected chi connectivity index (χ2v) is 5.83. The molecule has 1 heterocycles. The van der Waals surface area contributed by atoms with E-state index in [-0.39, 0.29) is 5.11 Å². The van der Waals surface area contributed by atoms with Gasteiger partial charge in [0.05, 0.1) is 13.3 Å². The Morgan fingerprint density at radius 3 is 2.72 bits per heavy atom. The molecule has 0 saturated carbocycles. The number of hydrogen-bond donors (Lipinski definition) is 3. The molecule has 0 bridgehead atoms. The predicted octanol–water partition coefficient (Wildman–Crippen LogP) is 2.37. The summed E-state index contributed by atoms with van der Waals surface area (Å²) >= 11 is 4.90. The molecular weight excluding hydrogens is 334 g/mol. The predicted molar refractivity (Wildman–Crippen MR) is 105 cm³/mol. The summed E-state index contributed by atoms with van der Waals surface area (Å²) in [7, 11) is 1.67. The van der Waals surface area contributed by atoms with Crippen LogP contribution in [0.3, 0.4) is 0 Å². The van der Waals surface area contributed by atoms with Gasteiger partial charge in [0.25, 0.3) is 0 Å². The zero-order chi connectivity index (χ0) is 17.6. The second-order valence-electron chi connectivity index (χ2n) is 5.42. The first-order valence-electron chi connectivity index (χ1n) is 7.71. The van der Waals surface area contributed by atoms with Gasteiger partial charge in [-0.25, -0.2) is 5.84 Å². The van der Waals surface area contributed by atoms with Gasteiger partial charge in [0.2, 0.25) is 5.11 Å². The molecule has 0 aliphatic carbocycles. The summed E-state index contributed by atoms with van der Waals surface area (Å²) in [4.78, 5) is 0. The van der Waals surface area contributed by atoms with E-state index in [1.807, 2.05) is 24.3 Å². The number of hydrogen-bond acceptors (Lipinski definition) is 4. The zero-order valence-corrected chi connectivity index (χ0v) is 14.6. The first-order chi connectivity index (χ1) is 12.2. The molecule has 25 heavy (non-hydrogen) atoms. The van der Waals surface area contributed by atoms with Gasteiger partial charge in [0.1, 0.15) is 5.75 Å². The number of fused-ring (bicyclic) bond motifs is 1. The topological polar surface area (TPSA) is 76.6 Å². The van der Waals surface area contributed by atoms with Gasteiger partial charge < -0.3 is 9.30 Å². The summed E-state index contributed by atoms with van der Waals surface area (Å²) in [5, 5.41) is 5.50. The molecule has 2 aromatic carbocycles. The van der Waals surface area contributed by atoms with E-state index in [0.29, 0.717) is 0 Å². The lowest BCUT2D eigenvalue weighted by Crippen LogP contribution is -2.37. The van der Waals surface area contributed by atoms with E-state index < -0.39 is 0 Å². The number of hydrazone groups is 1. The molecule has 7 heteroatoms. The Hall–Kier alpha value is -2.90. The van der Waals surface area contributed by atoms with Crippen LogP contribution < -0.4 is 21.4 Å². The fraction of sp³-hybridized carbons (Fsp3) is 0.111. The molecule has 0 spiro atoms. The minimum absolute atomic E-state index is 0.262. The van der Waals surface area contributed by atoms with Crippen LogP contribution in [0.5, 0.6) is 5.75 Å². The minimum atomic E-state index is 0.262. The molecule has 0 aliphatic rings. The normalized spacial score (nSPS) is 11.0. The van der Waals surface area contributed by atoms with E-state index in [0.717, 1.165) is 28.8 Å². The molecule has 0 unspecified atom stereocenters. The van der Waals surface area contributed by atoms with Gasteiger partial charge in [-0.2, -0.15) is 5.10 Å². The monoisotopic (exact) mass is 353 g/mol. The average molecular weight is 353 g/mol. The fourth-order valence-corrected chi connectivity index (χ4v) is 2.68. The Labute approximate surface area is 151 Å². The van der Waals surface area contributed by atoms with Gasteiger partial charge in [-0.1, -0.05) is 30.3 Å². The smallest absolute Gasteiger partial charge is 0.201 e. The number of hydrazine groups is 1. The number of nitrogens with two attached hydrogens (primary N) is 1. The highest BCUT2D eigenvalue weighted by molar-refractivity contribution is 7.80. The van der Waals surface area contributed by atoms with Crippen LogP contribution in [-0.4, -0.2) is 23.0 Å². The maximum Gasteiger partial charge on any atom is 0.201 e. The number of methoxy groups -OCH3 is 1. The minimum Gasteiger partial charge on any atom is -0.497 e. The van der Waals surface area contributed by atoms with Crippen LogP contribution in [0.15, 0.2) is 59.8 Å². The summed E-state index contributed by atoms with van der Waals surface area (Å²) in [5.74, 6) is 6.06. The van der Waals surface area contributed by atoms with Gasteiger partial charge in [-0.3, -0.25) is 10.9 Å². The van der Waals surface area contributed by atoms with Gasteiger partial charge in [0.15, 0.2) is 0 Å². The molecule has 0 radical (unpaired) electrons. The Kier molecular flexibility index (Phi) is 5.27. The summed E-state index contributed by atoms with van der Waals surface area (Å²) < 4.78 is 7.40. The maximum atomic E-state index is 5.21. The lowest BCUT2D eigenvalue weighted by Gasteiger charge is -2.06. The number of ether oxygens (including phenoxy) is 1. The van der Waals surface area contributed by atoms with E-state index in [9.17, 15) is 0 Å². The fourth-order valence-electron chi connectivity index (χ4n) is 2.63. The number of benzene rings is 2. The number of rotatable bonds is 5. The third kappa shape index (κ3) is 3.96. The van der Waals surface area contributed by atoms with Crippen LogP contribution in [0.1, 0.15) is 11.1 Å². The molecule has 6 nitrogen and oxygen atoms in total. The van der Waals surface area contributed by atoms with E-state index in [4.69, 9.17) is 22.8 Å². The highest BCUT2D eigenvalue weighted by Crippen LogP contribution is 2.22. The number of nitrogens with one attached hydrogen (secondary N) is 2. The van der Waals surface area contributed by atoms with Crippen molar-refractivity contribution in [2.24, 2.45) is 10.9 Å². The second kappa shape index (κ2) is 7.78. The van der Waals surface area contributed by atoms with E-state index >= 15 is 0 Å². The highest BCUT2D eigenvalue weighted by atomic mass is 32.1. The quantitative estimate of drug-likeness (QED) is 0.284. The first-order valence-corrected chi connectivity index (χ1v) is 8.12. The van der Waals surface area contributed by atoms with Crippen molar-refractivity contribution in [3.63, 3.8) is 0 Å². The Morgan fingerprint density at radius 1 is 1.24 bits per heavy atom. The van der Waals surface area contributed by atoms with Crippen molar-refractivity contribution in [3.05, 3.63) is 65.9 Å². The van der Waals surface area contributed by atoms with Crippen LogP contribution >= 0.6 is 12.2 Å². The van der Waals surface area contributed by atoms with Crippen molar-refractivity contribution >= 4 is 34.4 Å². The molecular formula is C18H19N5OS. The lowest BCUT2D eigenvalue weighted by molar-refractivity contribution is 0.414. The standard InChI is InChI=1S/C18H19N5OS/c1-24-15-8-6-13(7-9-15)11-23-12-14(10-20-22-18(25)21-19)16-4-2-3-5-17(16)23/h2-10,12H,11,19H2,1H3,(H2,21,22,25)/b20-10+. The highest BCUT2D eigenvalue weighted by Gasteiger charge is 2.07. The largest absolute Gasteiger partial charge is 0.497 e. The molecule has 0 saturated heterocycles. The Balaban J connectivity index is 1.88. The average Bonchev–Trinajstić information content (AvgIpc) is 3.00. The zero-order valence-electron chi connectivity index (χ0n) is 13.8. The third-order valence-electron chi connectivity index (χ3n) is 3.83. The van der Waals surface area contributed by atoms with Crippen molar-refractivity contribution < 1.29 is 4.74 Å². The van der Waals surface area contributed by atoms with E-state index in [1.165, 1.54) is 5.56 Å². The molecule has 0 aliphatic heterocycles. The third-order valence-corrected chi connectivity index (χ3v) is 4.04. The summed E-state index contributed by atoms with van der Waals surface area (Å²) in [6.07, 6.45) is 3.80. The summed E-state index contributed by atoms with van der Waals surface area (Å²) in [6.45, 7) is 0.758. The van der Waals surface area contributed by atoms with Crippen LogP contribution in [0.4, 0.5) is 0 Å². The molecule has 3 aromatic rings. The number of nitrogens with zero attached hydrogens (tertiary/aromatic N) is 2. The number of thiocarbonyl (C=S) groups is 1. The van der Waals surface area contributed by atoms with Crippen molar-refractivity contribution in [3.8, 4) is 5.75 Å².